The van der Waals surface area contributed by atoms with Crippen LogP contribution >= 0.6 is 15.9 Å². The van der Waals surface area contributed by atoms with Crippen molar-refractivity contribution in [2.75, 3.05) is 13.1 Å². The average molecular weight is 308 g/mol. The van der Waals surface area contributed by atoms with Gasteiger partial charge in [0.15, 0.2) is 0 Å². The Morgan fingerprint density at radius 2 is 1.82 bits per heavy atom. The van der Waals surface area contributed by atoms with Gasteiger partial charge < -0.3 is 5.32 Å². The number of hydrogen-bond donors (Lipinski definition) is 1. The van der Waals surface area contributed by atoms with Crippen molar-refractivity contribution >= 4 is 15.9 Å². The van der Waals surface area contributed by atoms with Crippen molar-refractivity contribution in [1.82, 2.24) is 5.32 Å². The van der Waals surface area contributed by atoms with Crippen molar-refractivity contribution in [3.63, 3.8) is 0 Å². The van der Waals surface area contributed by atoms with Crippen molar-refractivity contribution in [2.24, 2.45) is 0 Å². The molecule has 0 saturated carbocycles. The number of alkyl halides is 3. The van der Waals surface area contributed by atoms with Crippen molar-refractivity contribution in [3.8, 4) is 0 Å². The molecule has 1 saturated heterocycles. The minimum Gasteiger partial charge on any atom is -0.317 e. The molecule has 0 amide bonds. The lowest BCUT2D eigenvalue weighted by molar-refractivity contribution is -0.137. The molecule has 0 aliphatic carbocycles. The topological polar surface area (TPSA) is 12.0 Å². The summed E-state index contributed by atoms with van der Waals surface area (Å²) in [4.78, 5) is 0. The van der Waals surface area contributed by atoms with E-state index in [1.54, 1.807) is 0 Å². The standard InChI is InChI=1S/C12H13BrF3N/c13-11-2-1-9(12(14,15)16)7-10(11)8-3-5-17-6-4-8/h1-2,7-8,17H,3-6H2. The van der Waals surface area contributed by atoms with E-state index in [-0.39, 0.29) is 5.92 Å². The van der Waals surface area contributed by atoms with Crippen LogP contribution in [0.1, 0.15) is 29.9 Å². The summed E-state index contributed by atoms with van der Waals surface area (Å²) in [5.74, 6) is 0.216. The zero-order valence-electron chi connectivity index (χ0n) is 9.15. The summed E-state index contributed by atoms with van der Waals surface area (Å²) < 4.78 is 38.7. The fourth-order valence-electron chi connectivity index (χ4n) is 2.17. The molecule has 0 unspecified atom stereocenters. The molecule has 0 spiro atoms. The second-order valence-electron chi connectivity index (χ2n) is 4.26. The van der Waals surface area contributed by atoms with E-state index in [2.05, 4.69) is 21.2 Å². The Balaban J connectivity index is 2.31. The highest BCUT2D eigenvalue weighted by Gasteiger charge is 2.31. The van der Waals surface area contributed by atoms with E-state index in [0.717, 1.165) is 42.0 Å². The highest BCUT2D eigenvalue weighted by molar-refractivity contribution is 9.10. The minimum absolute atomic E-state index is 0.216. The number of halogens is 4. The molecule has 1 heterocycles. The van der Waals surface area contributed by atoms with Crippen LogP contribution in [0.2, 0.25) is 0 Å². The Morgan fingerprint density at radius 1 is 1.18 bits per heavy atom. The Labute approximate surface area is 107 Å². The normalized spacial score (nSPS) is 18.4. The van der Waals surface area contributed by atoms with Crippen LogP contribution < -0.4 is 5.32 Å². The molecule has 0 bridgehead atoms. The number of rotatable bonds is 1. The van der Waals surface area contributed by atoms with Crippen molar-refractivity contribution in [2.45, 2.75) is 24.9 Å². The van der Waals surface area contributed by atoms with Crippen LogP contribution in [-0.2, 0) is 6.18 Å². The monoisotopic (exact) mass is 307 g/mol. The van der Waals surface area contributed by atoms with E-state index in [1.165, 1.54) is 12.1 Å². The van der Waals surface area contributed by atoms with Crippen LogP contribution in [0.15, 0.2) is 22.7 Å². The first-order valence-electron chi connectivity index (χ1n) is 5.56. The predicted octanol–water partition coefficient (Wildman–Crippen LogP) is 3.93. The molecule has 0 radical (unpaired) electrons. The molecule has 5 heteroatoms. The molecule has 1 aliphatic rings. The van der Waals surface area contributed by atoms with E-state index < -0.39 is 11.7 Å². The van der Waals surface area contributed by atoms with Crippen molar-refractivity contribution in [3.05, 3.63) is 33.8 Å². The molecular weight excluding hydrogens is 295 g/mol. The molecule has 0 atom stereocenters. The third-order valence-electron chi connectivity index (χ3n) is 3.10. The lowest BCUT2D eigenvalue weighted by atomic mass is 9.89. The van der Waals surface area contributed by atoms with Gasteiger partial charge in [0.2, 0.25) is 0 Å². The summed E-state index contributed by atoms with van der Waals surface area (Å²) in [5, 5.41) is 3.21. The van der Waals surface area contributed by atoms with Crippen LogP contribution in [0, 0.1) is 0 Å². The highest BCUT2D eigenvalue weighted by Crippen LogP contribution is 2.36. The lowest BCUT2D eigenvalue weighted by Gasteiger charge is -2.24. The fraction of sp³-hybridized carbons (Fsp3) is 0.500. The Bertz CT molecular complexity index is 397. The zero-order chi connectivity index (χ0) is 12.5. The number of piperidine rings is 1. The smallest absolute Gasteiger partial charge is 0.317 e. The van der Waals surface area contributed by atoms with E-state index in [1.807, 2.05) is 0 Å². The van der Waals surface area contributed by atoms with Gasteiger partial charge in [0.1, 0.15) is 0 Å². The molecule has 1 fully saturated rings. The first-order chi connectivity index (χ1) is 7.98. The summed E-state index contributed by atoms with van der Waals surface area (Å²) in [7, 11) is 0. The maximum atomic E-state index is 12.6. The van der Waals surface area contributed by atoms with Crippen molar-refractivity contribution < 1.29 is 13.2 Å². The number of nitrogens with one attached hydrogen (secondary N) is 1. The summed E-state index contributed by atoms with van der Waals surface area (Å²) >= 11 is 3.34. The zero-order valence-corrected chi connectivity index (χ0v) is 10.7. The predicted molar refractivity (Wildman–Crippen MR) is 64.0 cm³/mol. The van der Waals surface area contributed by atoms with E-state index in [0.29, 0.717) is 0 Å². The van der Waals surface area contributed by atoms with Gasteiger partial charge in [0.25, 0.3) is 0 Å². The molecule has 1 aliphatic heterocycles. The number of benzene rings is 1. The van der Waals surface area contributed by atoms with Crippen LogP contribution in [-0.4, -0.2) is 13.1 Å². The molecule has 1 aromatic rings. The average Bonchev–Trinajstić information content (AvgIpc) is 2.29. The summed E-state index contributed by atoms with van der Waals surface area (Å²) in [6, 6.07) is 3.90. The Hall–Kier alpha value is -0.550. The largest absolute Gasteiger partial charge is 0.416 e. The summed E-state index contributed by atoms with van der Waals surface area (Å²) in [6.45, 7) is 1.74. The molecule has 94 valence electrons. The highest BCUT2D eigenvalue weighted by atomic mass is 79.9. The van der Waals surface area contributed by atoms with Crippen molar-refractivity contribution in [1.29, 1.82) is 0 Å². The van der Waals surface area contributed by atoms with Gasteiger partial charge in [-0.3, -0.25) is 0 Å². The van der Waals surface area contributed by atoms with E-state index in [9.17, 15) is 13.2 Å². The van der Waals surface area contributed by atoms with Gasteiger partial charge in [0.05, 0.1) is 5.56 Å². The summed E-state index contributed by atoms with van der Waals surface area (Å²) in [6.07, 6.45) is -2.48. The second kappa shape index (κ2) is 4.98. The summed E-state index contributed by atoms with van der Waals surface area (Å²) in [5.41, 5.74) is 0.218. The number of hydrogen-bond acceptors (Lipinski definition) is 1. The van der Waals surface area contributed by atoms with Crippen LogP contribution in [0.5, 0.6) is 0 Å². The van der Waals surface area contributed by atoms with Gasteiger partial charge in [-0.2, -0.15) is 13.2 Å². The SMILES string of the molecule is FC(F)(F)c1ccc(Br)c(C2CCNCC2)c1. The fourth-order valence-corrected chi connectivity index (χ4v) is 2.74. The Morgan fingerprint density at radius 3 is 2.41 bits per heavy atom. The molecule has 17 heavy (non-hydrogen) atoms. The quantitative estimate of drug-likeness (QED) is 0.829. The first kappa shape index (κ1) is 12.9. The van der Waals surface area contributed by atoms with Gasteiger partial charge in [-0.1, -0.05) is 15.9 Å². The molecular formula is C12H13BrF3N. The third kappa shape index (κ3) is 3.01. The van der Waals surface area contributed by atoms with E-state index in [4.69, 9.17) is 0 Å². The molecule has 1 N–H and O–H groups in total. The molecule has 1 nitrogen and oxygen atoms in total. The van der Waals surface area contributed by atoms with Gasteiger partial charge in [-0.15, -0.1) is 0 Å². The van der Waals surface area contributed by atoms with Crippen LogP contribution in [0.25, 0.3) is 0 Å². The Kier molecular flexibility index (Phi) is 3.78. The molecule has 0 aromatic heterocycles. The maximum absolute atomic E-state index is 12.6. The van der Waals surface area contributed by atoms with Gasteiger partial charge in [0, 0.05) is 4.47 Å². The van der Waals surface area contributed by atoms with E-state index >= 15 is 0 Å². The second-order valence-corrected chi connectivity index (χ2v) is 5.11. The first-order valence-corrected chi connectivity index (χ1v) is 6.35. The van der Waals surface area contributed by atoms with Gasteiger partial charge >= 0.3 is 6.18 Å². The maximum Gasteiger partial charge on any atom is 0.416 e. The molecule has 2 rings (SSSR count). The van der Waals surface area contributed by atoms with Crippen LogP contribution in [0.3, 0.4) is 0 Å². The van der Waals surface area contributed by atoms with Gasteiger partial charge in [-0.05, 0) is 55.6 Å². The lowest BCUT2D eigenvalue weighted by Crippen LogP contribution is -2.27. The minimum atomic E-state index is -4.26. The third-order valence-corrected chi connectivity index (χ3v) is 3.82. The van der Waals surface area contributed by atoms with Gasteiger partial charge in [-0.25, -0.2) is 0 Å². The molecule has 1 aromatic carbocycles. The van der Waals surface area contributed by atoms with Crippen LogP contribution in [0.4, 0.5) is 13.2 Å².